The summed E-state index contributed by atoms with van der Waals surface area (Å²) in [6, 6.07) is 19.5. The second kappa shape index (κ2) is 11.4. The highest BCUT2D eigenvalue weighted by atomic mass is 16.5. The Kier molecular flexibility index (Phi) is 8.87. The molecule has 0 saturated heterocycles. The van der Waals surface area contributed by atoms with Crippen LogP contribution in [0.1, 0.15) is 0 Å². The Bertz CT molecular complexity index is 652. The number of nitrogens with two attached hydrogens (primary N) is 2. The zero-order valence-electron chi connectivity index (χ0n) is 15.6. The minimum Gasteiger partial charge on any atom is -0.480 e. The first-order valence-electron chi connectivity index (χ1n) is 8.96. The molecule has 4 N–H and O–H groups in total. The smallest absolute Gasteiger partial charge is 0.401 e. The quantitative estimate of drug-likeness (QED) is 0.432. The van der Waals surface area contributed by atoms with Gasteiger partial charge in [0.1, 0.15) is 0 Å². The van der Waals surface area contributed by atoms with Crippen molar-refractivity contribution in [3.05, 3.63) is 85.1 Å². The van der Waals surface area contributed by atoms with Crippen molar-refractivity contribution in [2.24, 2.45) is 11.5 Å². The predicted molar refractivity (Wildman–Crippen MR) is 113 cm³/mol. The summed E-state index contributed by atoms with van der Waals surface area (Å²) < 4.78 is 17.7. The standard InChI is InChI=1S/C20H26B2N2O3/c1-17(21(25-15-13-23)19-9-5-3-6-10-19)27-18(2)22(26-16-14-24)20-11-7-4-8-12-20/h3-12H,1-2,13-16,23-24H2. The summed E-state index contributed by atoms with van der Waals surface area (Å²) in [5.74, 6) is 0. The largest absolute Gasteiger partial charge is 0.480 e. The number of hydrogen-bond donors (Lipinski definition) is 2. The Balaban J connectivity index is 2.14. The lowest BCUT2D eigenvalue weighted by molar-refractivity contribution is 0.284. The molecule has 2 rings (SSSR count). The van der Waals surface area contributed by atoms with Gasteiger partial charge in [-0.15, -0.1) is 0 Å². The molecule has 7 heteroatoms. The van der Waals surface area contributed by atoms with Crippen LogP contribution < -0.4 is 22.4 Å². The molecule has 0 amide bonds. The van der Waals surface area contributed by atoms with E-state index in [4.69, 9.17) is 25.5 Å². The second-order valence-electron chi connectivity index (χ2n) is 5.94. The van der Waals surface area contributed by atoms with Crippen molar-refractivity contribution in [1.29, 1.82) is 0 Å². The highest BCUT2D eigenvalue weighted by molar-refractivity contribution is 6.75. The van der Waals surface area contributed by atoms with Gasteiger partial charge in [-0.1, -0.05) is 73.8 Å². The van der Waals surface area contributed by atoms with Crippen molar-refractivity contribution in [3.63, 3.8) is 0 Å². The summed E-state index contributed by atoms with van der Waals surface area (Å²) in [4.78, 5) is 0. The van der Waals surface area contributed by atoms with Crippen LogP contribution in [0.5, 0.6) is 0 Å². The van der Waals surface area contributed by atoms with Crippen LogP contribution in [-0.2, 0) is 14.0 Å². The molecule has 0 unspecified atom stereocenters. The molecule has 0 saturated carbocycles. The van der Waals surface area contributed by atoms with Gasteiger partial charge in [0, 0.05) is 26.3 Å². The average Bonchev–Trinajstić information content (AvgIpc) is 2.70. The fourth-order valence-corrected chi connectivity index (χ4v) is 2.65. The molecule has 2 aromatic carbocycles. The van der Waals surface area contributed by atoms with Crippen molar-refractivity contribution in [2.75, 3.05) is 26.3 Å². The zero-order valence-corrected chi connectivity index (χ0v) is 15.6. The van der Waals surface area contributed by atoms with Gasteiger partial charge < -0.3 is 25.5 Å². The third-order valence-corrected chi connectivity index (χ3v) is 3.86. The van der Waals surface area contributed by atoms with Crippen LogP contribution in [0.4, 0.5) is 0 Å². The van der Waals surface area contributed by atoms with Crippen molar-refractivity contribution in [3.8, 4) is 0 Å². The Hall–Kier alpha value is -2.31. The van der Waals surface area contributed by atoms with Crippen LogP contribution in [0.15, 0.2) is 85.1 Å². The second-order valence-corrected chi connectivity index (χ2v) is 5.94. The average molecular weight is 364 g/mol. The van der Waals surface area contributed by atoms with Crippen LogP contribution in [0, 0.1) is 0 Å². The fraction of sp³-hybridized carbons (Fsp3) is 0.200. The van der Waals surface area contributed by atoms with Crippen LogP contribution in [0.25, 0.3) is 0 Å². The molecule has 0 radical (unpaired) electrons. The maximum atomic E-state index is 5.96. The van der Waals surface area contributed by atoms with Gasteiger partial charge in [0.15, 0.2) is 0 Å². The normalized spacial score (nSPS) is 10.3. The van der Waals surface area contributed by atoms with E-state index in [-0.39, 0.29) is 0 Å². The molecule has 0 bridgehead atoms. The number of benzene rings is 2. The Morgan fingerprint density at radius 1 is 0.704 bits per heavy atom. The summed E-state index contributed by atoms with van der Waals surface area (Å²) in [5, 5.41) is 0. The maximum Gasteiger partial charge on any atom is 0.401 e. The van der Waals surface area contributed by atoms with E-state index < -0.39 is 13.8 Å². The van der Waals surface area contributed by atoms with E-state index in [0.717, 1.165) is 10.9 Å². The third-order valence-electron chi connectivity index (χ3n) is 3.86. The van der Waals surface area contributed by atoms with E-state index in [1.165, 1.54) is 0 Å². The van der Waals surface area contributed by atoms with Gasteiger partial charge in [-0.25, -0.2) is 0 Å². The van der Waals surface area contributed by atoms with Crippen LogP contribution in [0.2, 0.25) is 0 Å². The molecular formula is C20H26B2N2O3. The molecule has 27 heavy (non-hydrogen) atoms. The minimum absolute atomic E-state index is 0.389. The van der Waals surface area contributed by atoms with E-state index >= 15 is 0 Å². The summed E-state index contributed by atoms with van der Waals surface area (Å²) in [5.41, 5.74) is 13.9. The number of rotatable bonds is 12. The molecule has 5 nitrogen and oxygen atoms in total. The van der Waals surface area contributed by atoms with E-state index in [2.05, 4.69) is 13.2 Å². The van der Waals surface area contributed by atoms with Crippen LogP contribution in [0.3, 0.4) is 0 Å². The Morgan fingerprint density at radius 3 is 1.41 bits per heavy atom. The highest BCUT2D eigenvalue weighted by Gasteiger charge is 2.29. The van der Waals surface area contributed by atoms with Crippen LogP contribution in [-0.4, -0.2) is 40.1 Å². The van der Waals surface area contributed by atoms with Gasteiger partial charge in [0.05, 0.1) is 11.3 Å². The first kappa shape index (κ1) is 21.0. The lowest BCUT2D eigenvalue weighted by atomic mass is 9.57. The van der Waals surface area contributed by atoms with E-state index in [1.807, 2.05) is 60.7 Å². The highest BCUT2D eigenvalue weighted by Crippen LogP contribution is 2.12. The van der Waals surface area contributed by atoms with Crippen molar-refractivity contribution >= 4 is 24.8 Å². The minimum atomic E-state index is -0.447. The molecule has 140 valence electrons. The lowest BCUT2D eigenvalue weighted by Gasteiger charge is -2.22. The first-order valence-corrected chi connectivity index (χ1v) is 8.96. The van der Waals surface area contributed by atoms with Gasteiger partial charge >= 0.3 is 13.8 Å². The van der Waals surface area contributed by atoms with Crippen molar-refractivity contribution < 1.29 is 14.0 Å². The SMILES string of the molecule is C=C(OC(=C)B(OCCN)c1ccccc1)B(OCCN)c1ccccc1. The molecule has 0 fully saturated rings. The number of hydrogen-bond acceptors (Lipinski definition) is 5. The van der Waals surface area contributed by atoms with Gasteiger partial charge in [0.2, 0.25) is 0 Å². The van der Waals surface area contributed by atoms with Gasteiger partial charge in [-0.2, -0.15) is 0 Å². The predicted octanol–water partition coefficient (Wildman–Crippen LogP) is 0.857. The summed E-state index contributed by atoms with van der Waals surface area (Å²) >= 11 is 0. The molecule has 0 aliphatic rings. The zero-order chi connectivity index (χ0) is 19.5. The molecular weight excluding hydrogens is 338 g/mol. The molecule has 2 aromatic rings. The molecule has 0 heterocycles. The summed E-state index contributed by atoms with van der Waals surface area (Å²) in [6.45, 7) is 8.80. The summed E-state index contributed by atoms with van der Waals surface area (Å²) in [6.07, 6.45) is 0. The van der Waals surface area contributed by atoms with E-state index in [9.17, 15) is 0 Å². The Morgan fingerprint density at radius 2 is 1.07 bits per heavy atom. The van der Waals surface area contributed by atoms with Gasteiger partial charge in [0.25, 0.3) is 0 Å². The lowest BCUT2D eigenvalue weighted by Crippen LogP contribution is -2.41. The van der Waals surface area contributed by atoms with Gasteiger partial charge in [-0.3, -0.25) is 0 Å². The van der Waals surface area contributed by atoms with E-state index in [0.29, 0.717) is 37.6 Å². The maximum absolute atomic E-state index is 5.96. The molecule has 0 aliphatic heterocycles. The Labute approximate surface area is 162 Å². The monoisotopic (exact) mass is 364 g/mol. The fourth-order valence-electron chi connectivity index (χ4n) is 2.65. The molecule has 0 spiro atoms. The van der Waals surface area contributed by atoms with Crippen molar-refractivity contribution in [2.45, 2.75) is 0 Å². The van der Waals surface area contributed by atoms with Crippen molar-refractivity contribution in [1.82, 2.24) is 0 Å². The molecule has 0 aromatic heterocycles. The third kappa shape index (κ3) is 6.41. The van der Waals surface area contributed by atoms with Gasteiger partial charge in [-0.05, 0) is 10.9 Å². The van der Waals surface area contributed by atoms with Crippen LogP contribution >= 0.6 is 0 Å². The summed E-state index contributed by atoms with van der Waals surface area (Å²) in [7, 11) is 0. The topological polar surface area (TPSA) is 79.7 Å². The number of ether oxygens (including phenoxy) is 1. The van der Waals surface area contributed by atoms with E-state index in [1.54, 1.807) is 0 Å². The molecule has 0 atom stereocenters. The first-order chi connectivity index (χ1) is 13.2. The molecule has 0 aliphatic carbocycles.